The van der Waals surface area contributed by atoms with Crippen molar-refractivity contribution in [3.63, 3.8) is 0 Å². The van der Waals surface area contributed by atoms with Gasteiger partial charge in [-0.25, -0.2) is 0 Å². The molecule has 1 aliphatic rings. The molecule has 1 aliphatic carbocycles. The number of ketones is 3. The fourth-order valence-corrected chi connectivity index (χ4v) is 5.66. The quantitative estimate of drug-likeness (QED) is 0.116. The van der Waals surface area contributed by atoms with Crippen LogP contribution >= 0.6 is 0 Å². The Bertz CT molecular complexity index is 1920. The summed E-state index contributed by atoms with van der Waals surface area (Å²) in [6.07, 6.45) is 5.43. The average Bonchev–Trinajstić information content (AvgIpc) is 3.11. The molecule has 5 aromatic carbocycles. The topological polar surface area (TPSA) is 90.5 Å². The number of hydrogen-bond donors (Lipinski definition) is 3. The minimum Gasteiger partial charge on any atom is -0.359 e. The van der Waals surface area contributed by atoms with E-state index < -0.39 is 0 Å². The van der Waals surface area contributed by atoms with Crippen LogP contribution < -0.4 is 20.9 Å². The molecule has 0 amide bonds. The number of benzene rings is 5. The summed E-state index contributed by atoms with van der Waals surface area (Å²) in [6.45, 7) is 4.74. The Morgan fingerprint density at radius 2 is 0.776 bits per heavy atom. The first-order valence-electron chi connectivity index (χ1n) is 16.3. The molecule has 49 heavy (non-hydrogen) atoms. The number of nitrogens with zero attached hydrogens (tertiary/aromatic N) is 1. The molecule has 0 aliphatic heterocycles. The maximum atomic E-state index is 11.7. The lowest BCUT2D eigenvalue weighted by molar-refractivity contribution is -0.113. The Balaban J connectivity index is 1.24. The van der Waals surface area contributed by atoms with Crippen LogP contribution in [0, 0.1) is 0 Å². The van der Waals surface area contributed by atoms with Crippen LogP contribution in [0.1, 0.15) is 54.3 Å². The van der Waals surface area contributed by atoms with Crippen molar-refractivity contribution in [2.75, 3.05) is 20.9 Å². The second kappa shape index (κ2) is 14.7. The molecule has 0 aromatic heterocycles. The summed E-state index contributed by atoms with van der Waals surface area (Å²) in [5.41, 5.74) is 10.9. The van der Waals surface area contributed by atoms with Crippen molar-refractivity contribution in [1.82, 2.24) is 0 Å². The molecule has 6 rings (SSSR count). The van der Waals surface area contributed by atoms with Gasteiger partial charge in [0, 0.05) is 62.3 Å². The van der Waals surface area contributed by atoms with Gasteiger partial charge in [-0.3, -0.25) is 14.4 Å². The monoisotopic (exact) mass is 646 g/mol. The predicted octanol–water partition coefficient (Wildman–Crippen LogP) is 10.7. The normalized spacial score (nSPS) is 12.3. The van der Waals surface area contributed by atoms with Gasteiger partial charge in [-0.2, -0.15) is 0 Å². The van der Waals surface area contributed by atoms with Crippen molar-refractivity contribution in [2.24, 2.45) is 0 Å². The third-order valence-electron chi connectivity index (χ3n) is 8.44. The maximum Gasteiger partial charge on any atom is 0.159 e. The molecule has 0 heterocycles. The van der Waals surface area contributed by atoms with Gasteiger partial charge in [0.1, 0.15) is 0 Å². The Kier molecular flexibility index (Phi) is 9.81. The van der Waals surface area contributed by atoms with Crippen molar-refractivity contribution >= 4 is 62.8 Å². The molecule has 0 bridgehead atoms. The number of rotatable bonds is 12. The van der Waals surface area contributed by atoms with Crippen LogP contribution in [0.5, 0.6) is 0 Å². The summed E-state index contributed by atoms with van der Waals surface area (Å²) in [7, 11) is 0. The molecule has 7 heteroatoms. The molecular formula is C42H38N4O3. The van der Waals surface area contributed by atoms with Crippen LogP contribution in [0.4, 0.5) is 45.5 Å². The minimum absolute atomic E-state index is 0.0402. The van der Waals surface area contributed by atoms with Gasteiger partial charge in [-0.1, -0.05) is 6.08 Å². The molecule has 0 spiro atoms. The predicted molar refractivity (Wildman–Crippen MR) is 200 cm³/mol. The molecule has 7 nitrogen and oxygen atoms in total. The van der Waals surface area contributed by atoms with Crippen molar-refractivity contribution in [2.45, 2.75) is 33.6 Å². The Labute approximate surface area is 287 Å². The van der Waals surface area contributed by atoms with Gasteiger partial charge in [0.2, 0.25) is 0 Å². The van der Waals surface area contributed by atoms with Gasteiger partial charge >= 0.3 is 0 Å². The van der Waals surface area contributed by atoms with Crippen LogP contribution in [0.3, 0.4) is 0 Å². The molecule has 0 unspecified atom stereocenters. The van der Waals surface area contributed by atoms with Gasteiger partial charge in [-0.05, 0) is 167 Å². The zero-order chi connectivity index (χ0) is 34.3. The van der Waals surface area contributed by atoms with Crippen molar-refractivity contribution in [1.29, 1.82) is 0 Å². The van der Waals surface area contributed by atoms with E-state index in [2.05, 4.69) is 69.4 Å². The van der Waals surface area contributed by atoms with Gasteiger partial charge in [0.25, 0.3) is 0 Å². The van der Waals surface area contributed by atoms with Crippen molar-refractivity contribution in [3.05, 3.63) is 156 Å². The summed E-state index contributed by atoms with van der Waals surface area (Å²) in [5.74, 6) is 0.205. The van der Waals surface area contributed by atoms with Crippen LogP contribution in [-0.2, 0) is 4.79 Å². The number of nitrogens with one attached hydrogen (secondary N) is 3. The fraction of sp³-hybridized carbons (Fsp3) is 0.119. The molecule has 5 aromatic rings. The lowest BCUT2D eigenvalue weighted by Crippen LogP contribution is -2.10. The molecule has 0 radical (unpaired) electrons. The third kappa shape index (κ3) is 8.21. The zero-order valence-corrected chi connectivity index (χ0v) is 27.8. The van der Waals surface area contributed by atoms with Gasteiger partial charge < -0.3 is 20.9 Å². The molecule has 0 saturated heterocycles. The highest BCUT2D eigenvalue weighted by molar-refractivity contribution is 5.95. The van der Waals surface area contributed by atoms with E-state index in [0.717, 1.165) is 69.6 Å². The van der Waals surface area contributed by atoms with E-state index in [9.17, 15) is 14.4 Å². The minimum atomic E-state index is 0.0402. The van der Waals surface area contributed by atoms with Crippen LogP contribution in [0.25, 0.3) is 0 Å². The number of carbonyl (C=O) groups is 3. The summed E-state index contributed by atoms with van der Waals surface area (Å²) < 4.78 is 0. The van der Waals surface area contributed by atoms with Crippen LogP contribution in [0.2, 0.25) is 0 Å². The molecule has 0 saturated carbocycles. The van der Waals surface area contributed by atoms with Crippen LogP contribution in [0.15, 0.2) is 145 Å². The number of allylic oxidation sites excluding steroid dienone is 4. The van der Waals surface area contributed by atoms with E-state index in [0.29, 0.717) is 11.1 Å². The van der Waals surface area contributed by atoms with E-state index in [1.807, 2.05) is 84.9 Å². The van der Waals surface area contributed by atoms with E-state index in [1.165, 1.54) is 0 Å². The van der Waals surface area contributed by atoms with E-state index >= 15 is 0 Å². The SMILES string of the molecule is CC(=O)C1=CC=C(Nc2ccc(N(c3ccc(Nc4ccc(C(C)=O)cc4)cc3)c3ccc(Nc4ccc(C(C)=O)cc4)cc3)cc2)CC1. The van der Waals surface area contributed by atoms with E-state index in [-0.39, 0.29) is 17.3 Å². The molecule has 0 atom stereocenters. The van der Waals surface area contributed by atoms with Gasteiger partial charge in [0.05, 0.1) is 0 Å². The summed E-state index contributed by atoms with van der Waals surface area (Å²) in [6, 6.07) is 39.7. The second-order valence-corrected chi connectivity index (χ2v) is 12.1. The summed E-state index contributed by atoms with van der Waals surface area (Å²) in [5, 5.41) is 10.3. The average molecular weight is 647 g/mol. The standard InChI is InChI=1S/C42H38N4O3/c1-28(47)31-4-10-34(11-5-31)43-37-16-22-40(23-17-37)46(41-24-18-38(19-25-41)44-35-12-6-32(7-13-35)29(2)48)42-26-20-39(21-27-42)45-36-14-8-33(9-15-36)30(3)49/h4-8,10-14,16-27,43-45H,9,15H2,1-3H3. The zero-order valence-electron chi connectivity index (χ0n) is 27.8. The van der Waals surface area contributed by atoms with Crippen molar-refractivity contribution < 1.29 is 14.4 Å². The Hall–Kier alpha value is -6.21. The first kappa shape index (κ1) is 32.7. The first-order valence-corrected chi connectivity index (χ1v) is 16.3. The highest BCUT2D eigenvalue weighted by atomic mass is 16.1. The number of anilines is 8. The smallest absolute Gasteiger partial charge is 0.159 e. The summed E-state index contributed by atoms with van der Waals surface area (Å²) in [4.78, 5) is 37.2. The number of hydrogen-bond acceptors (Lipinski definition) is 7. The summed E-state index contributed by atoms with van der Waals surface area (Å²) >= 11 is 0. The Morgan fingerprint density at radius 3 is 1.08 bits per heavy atom. The highest BCUT2D eigenvalue weighted by Gasteiger charge is 2.14. The Morgan fingerprint density at radius 1 is 0.429 bits per heavy atom. The third-order valence-corrected chi connectivity index (χ3v) is 8.44. The fourth-order valence-electron chi connectivity index (χ4n) is 5.66. The number of Topliss-reactive ketones (excluding diaryl/α,β-unsaturated/α-hetero) is 3. The maximum absolute atomic E-state index is 11.7. The lowest BCUT2D eigenvalue weighted by Gasteiger charge is -2.26. The largest absolute Gasteiger partial charge is 0.359 e. The molecule has 3 N–H and O–H groups in total. The van der Waals surface area contributed by atoms with E-state index in [4.69, 9.17) is 0 Å². The van der Waals surface area contributed by atoms with Gasteiger partial charge in [0.15, 0.2) is 17.3 Å². The lowest BCUT2D eigenvalue weighted by atomic mass is 9.99. The highest BCUT2D eigenvalue weighted by Crippen LogP contribution is 2.37. The second-order valence-electron chi connectivity index (χ2n) is 12.1. The van der Waals surface area contributed by atoms with Gasteiger partial charge in [-0.15, -0.1) is 0 Å². The van der Waals surface area contributed by atoms with Crippen LogP contribution in [-0.4, -0.2) is 17.3 Å². The first-order chi connectivity index (χ1) is 23.7. The molecular weight excluding hydrogens is 608 g/mol. The number of carbonyl (C=O) groups excluding carboxylic acids is 3. The van der Waals surface area contributed by atoms with E-state index in [1.54, 1.807) is 20.8 Å². The molecule has 244 valence electrons. The molecule has 0 fully saturated rings. The van der Waals surface area contributed by atoms with Crippen molar-refractivity contribution in [3.8, 4) is 0 Å².